The molecule has 0 fully saturated rings. The number of aldehydes is 1. The number of carbonyl (C=O) groups is 1. The molecule has 0 saturated heterocycles. The van der Waals surface area contributed by atoms with Gasteiger partial charge < -0.3 is 10.5 Å². The fraction of sp³-hybridized carbons (Fsp3) is 0.125. The molecule has 0 amide bonds. The molecule has 0 aliphatic carbocycles. The van der Waals surface area contributed by atoms with Crippen LogP contribution in [0.2, 0.25) is 0 Å². The average molecular weight is 284 g/mol. The topological polar surface area (TPSA) is 52.3 Å². The van der Waals surface area contributed by atoms with Gasteiger partial charge in [0.25, 0.3) is 0 Å². The molecule has 1 aromatic carbocycles. The van der Waals surface area contributed by atoms with E-state index in [1.165, 1.54) is 6.07 Å². The number of hydrogen-bond acceptors (Lipinski definition) is 3. The van der Waals surface area contributed by atoms with Crippen LogP contribution in [0.1, 0.15) is 10.4 Å². The number of halogens is 4. The fourth-order valence-electron chi connectivity index (χ4n) is 0.916. The summed E-state index contributed by atoms with van der Waals surface area (Å²) in [5.74, 6) is -0.585. The maximum Gasteiger partial charge on any atom is 0.573 e. The van der Waals surface area contributed by atoms with E-state index in [1.54, 1.807) is 0 Å². The van der Waals surface area contributed by atoms with E-state index >= 15 is 0 Å². The van der Waals surface area contributed by atoms with E-state index in [2.05, 4.69) is 20.7 Å². The monoisotopic (exact) mass is 283 g/mol. The predicted octanol–water partition coefficient (Wildman–Crippen LogP) is 2.74. The summed E-state index contributed by atoms with van der Waals surface area (Å²) in [7, 11) is 0. The van der Waals surface area contributed by atoms with E-state index in [1.807, 2.05) is 0 Å². The van der Waals surface area contributed by atoms with Gasteiger partial charge in [-0.1, -0.05) is 0 Å². The van der Waals surface area contributed by atoms with Gasteiger partial charge in [-0.25, -0.2) is 0 Å². The minimum absolute atomic E-state index is 0.0826. The van der Waals surface area contributed by atoms with Crippen molar-refractivity contribution in [2.75, 3.05) is 5.73 Å². The minimum atomic E-state index is -4.84. The highest BCUT2D eigenvalue weighted by Gasteiger charge is 2.32. The van der Waals surface area contributed by atoms with Gasteiger partial charge in [-0.15, -0.1) is 13.2 Å². The highest BCUT2D eigenvalue weighted by atomic mass is 79.9. The van der Waals surface area contributed by atoms with Gasteiger partial charge in [0, 0.05) is 5.69 Å². The molecule has 0 aliphatic rings. The molecule has 0 bridgehead atoms. The quantitative estimate of drug-likeness (QED) is 0.671. The van der Waals surface area contributed by atoms with Gasteiger partial charge >= 0.3 is 6.36 Å². The maximum atomic E-state index is 11.9. The third kappa shape index (κ3) is 2.85. The first-order chi connectivity index (χ1) is 6.85. The van der Waals surface area contributed by atoms with E-state index in [0.717, 1.165) is 6.07 Å². The average Bonchev–Trinajstić information content (AvgIpc) is 2.10. The molecule has 0 radical (unpaired) electrons. The molecule has 0 atom stereocenters. The smallest absolute Gasteiger partial charge is 0.405 e. The zero-order valence-corrected chi connectivity index (χ0v) is 8.72. The van der Waals surface area contributed by atoms with Crippen LogP contribution in [-0.2, 0) is 0 Å². The molecular weight excluding hydrogens is 279 g/mol. The van der Waals surface area contributed by atoms with E-state index in [4.69, 9.17) is 5.73 Å². The van der Waals surface area contributed by atoms with Crippen molar-refractivity contribution < 1.29 is 22.7 Å². The Balaban J connectivity index is 3.19. The van der Waals surface area contributed by atoms with Gasteiger partial charge in [0.1, 0.15) is 5.75 Å². The number of nitrogen functional groups attached to an aromatic ring is 1. The molecule has 0 aliphatic heterocycles. The Bertz CT molecular complexity index is 392. The van der Waals surface area contributed by atoms with Gasteiger partial charge in [-0.05, 0) is 28.1 Å². The van der Waals surface area contributed by atoms with Crippen LogP contribution in [0.5, 0.6) is 5.75 Å². The third-order valence-electron chi connectivity index (χ3n) is 1.51. The van der Waals surface area contributed by atoms with Crippen LogP contribution in [0.3, 0.4) is 0 Å². The lowest BCUT2D eigenvalue weighted by Gasteiger charge is -2.12. The van der Waals surface area contributed by atoms with Crippen molar-refractivity contribution in [3.63, 3.8) is 0 Å². The summed E-state index contributed by atoms with van der Waals surface area (Å²) in [6.45, 7) is 0. The Morgan fingerprint density at radius 1 is 1.40 bits per heavy atom. The number of ether oxygens (including phenoxy) is 1. The fourth-order valence-corrected chi connectivity index (χ4v) is 1.34. The Labute approximate surface area is 91.1 Å². The highest BCUT2D eigenvalue weighted by molar-refractivity contribution is 9.10. The summed E-state index contributed by atoms with van der Waals surface area (Å²) in [5, 5.41) is 0. The first kappa shape index (κ1) is 11.8. The molecule has 15 heavy (non-hydrogen) atoms. The summed E-state index contributed by atoms with van der Waals surface area (Å²) < 4.78 is 39.4. The molecule has 0 spiro atoms. The van der Waals surface area contributed by atoms with Crippen molar-refractivity contribution in [3.05, 3.63) is 22.2 Å². The second kappa shape index (κ2) is 4.09. The van der Waals surface area contributed by atoms with E-state index in [9.17, 15) is 18.0 Å². The molecule has 3 nitrogen and oxygen atoms in total. The molecule has 2 N–H and O–H groups in total. The molecule has 1 aromatic rings. The first-order valence-electron chi connectivity index (χ1n) is 3.64. The number of alkyl halides is 3. The second-order valence-corrected chi connectivity index (χ2v) is 3.34. The number of nitrogens with two attached hydrogens (primary N) is 1. The lowest BCUT2D eigenvalue weighted by molar-refractivity contribution is -0.274. The molecular formula is C8H5BrF3NO2. The van der Waals surface area contributed by atoms with Crippen LogP contribution in [0.25, 0.3) is 0 Å². The van der Waals surface area contributed by atoms with Crippen molar-refractivity contribution in [3.8, 4) is 5.75 Å². The maximum absolute atomic E-state index is 11.9. The summed E-state index contributed by atoms with van der Waals surface area (Å²) in [6, 6.07) is 2.19. The third-order valence-corrected chi connectivity index (χ3v) is 2.40. The van der Waals surface area contributed by atoms with E-state index in [-0.39, 0.29) is 22.0 Å². The number of benzene rings is 1. The SMILES string of the molecule is Nc1ccc(OC(F)(F)F)c(C=O)c1Br. The summed E-state index contributed by atoms with van der Waals surface area (Å²) in [5.41, 5.74) is 5.27. The molecule has 1 rings (SSSR count). The first-order valence-corrected chi connectivity index (χ1v) is 4.43. The summed E-state index contributed by atoms with van der Waals surface area (Å²) in [4.78, 5) is 10.6. The Morgan fingerprint density at radius 3 is 2.47 bits per heavy atom. The van der Waals surface area contributed by atoms with Crippen molar-refractivity contribution in [1.29, 1.82) is 0 Å². The van der Waals surface area contributed by atoms with E-state index in [0.29, 0.717) is 0 Å². The highest BCUT2D eigenvalue weighted by Crippen LogP contribution is 2.33. The van der Waals surface area contributed by atoms with Crippen molar-refractivity contribution in [1.82, 2.24) is 0 Å². The zero-order chi connectivity index (χ0) is 11.6. The van der Waals surface area contributed by atoms with Crippen LogP contribution < -0.4 is 10.5 Å². The van der Waals surface area contributed by atoms with Crippen molar-refractivity contribution >= 4 is 27.9 Å². The van der Waals surface area contributed by atoms with Crippen molar-refractivity contribution in [2.45, 2.75) is 6.36 Å². The van der Waals surface area contributed by atoms with Crippen LogP contribution in [0, 0.1) is 0 Å². The van der Waals surface area contributed by atoms with Crippen LogP contribution in [0.4, 0.5) is 18.9 Å². The van der Waals surface area contributed by atoms with Crippen molar-refractivity contribution in [2.24, 2.45) is 0 Å². The van der Waals surface area contributed by atoms with E-state index < -0.39 is 12.1 Å². The number of carbonyl (C=O) groups excluding carboxylic acids is 1. The van der Waals surface area contributed by atoms with Gasteiger partial charge in [0.2, 0.25) is 0 Å². The Morgan fingerprint density at radius 2 is 2.00 bits per heavy atom. The molecule has 0 unspecified atom stereocenters. The second-order valence-electron chi connectivity index (χ2n) is 2.55. The largest absolute Gasteiger partial charge is 0.573 e. The normalized spacial score (nSPS) is 11.2. The van der Waals surface area contributed by atoms with Gasteiger partial charge in [-0.3, -0.25) is 4.79 Å². The van der Waals surface area contributed by atoms with Gasteiger partial charge in [0.05, 0.1) is 10.0 Å². The molecule has 0 saturated carbocycles. The molecule has 0 heterocycles. The lowest BCUT2D eigenvalue weighted by Crippen LogP contribution is -2.18. The minimum Gasteiger partial charge on any atom is -0.405 e. The molecule has 7 heteroatoms. The number of anilines is 1. The zero-order valence-electron chi connectivity index (χ0n) is 7.14. The Hall–Kier alpha value is -1.24. The van der Waals surface area contributed by atoms with Crippen LogP contribution in [0.15, 0.2) is 16.6 Å². The van der Waals surface area contributed by atoms with Gasteiger partial charge in [-0.2, -0.15) is 0 Å². The Kier molecular flexibility index (Phi) is 3.23. The molecule has 82 valence electrons. The van der Waals surface area contributed by atoms with Crippen LogP contribution >= 0.6 is 15.9 Å². The molecule has 0 aromatic heterocycles. The standard InChI is InChI=1S/C8H5BrF3NO2/c9-7-4(3-14)6(2-1-5(7)13)15-8(10,11)12/h1-3H,13H2. The number of hydrogen-bond donors (Lipinski definition) is 1. The number of rotatable bonds is 2. The lowest BCUT2D eigenvalue weighted by atomic mass is 10.2. The predicted molar refractivity (Wildman–Crippen MR) is 50.6 cm³/mol. The van der Waals surface area contributed by atoms with Gasteiger partial charge in [0.15, 0.2) is 6.29 Å². The van der Waals surface area contributed by atoms with Crippen LogP contribution in [-0.4, -0.2) is 12.6 Å². The summed E-state index contributed by atoms with van der Waals surface area (Å²) in [6.07, 6.45) is -4.60. The summed E-state index contributed by atoms with van der Waals surface area (Å²) >= 11 is 2.90.